The molecule has 0 fully saturated rings. The van der Waals surface area contributed by atoms with Crippen molar-refractivity contribution in [3.8, 4) is 35.5 Å². The summed E-state index contributed by atoms with van der Waals surface area (Å²) in [7, 11) is 0. The summed E-state index contributed by atoms with van der Waals surface area (Å²) in [5.41, 5.74) is 2.23. The van der Waals surface area contributed by atoms with Gasteiger partial charge < -0.3 is 0 Å². The van der Waals surface area contributed by atoms with Gasteiger partial charge in [-0.15, -0.1) is 0 Å². The first-order chi connectivity index (χ1) is 15.8. The van der Waals surface area contributed by atoms with Crippen LogP contribution >= 0.6 is 0 Å². The number of hydrogen-bond donors (Lipinski definition) is 0. The SMILES string of the molecule is CCCCCCC#CC(C#CCCCCCC)=C(C#CCCCCCC)CCCCCC. The van der Waals surface area contributed by atoms with Gasteiger partial charge in [0.2, 0.25) is 0 Å². The highest BCUT2D eigenvalue weighted by molar-refractivity contribution is 5.53. The molecular formula is C32H52. The maximum Gasteiger partial charge on any atom is 0.0859 e. The first-order valence-corrected chi connectivity index (χ1v) is 14.0. The fourth-order valence-corrected chi connectivity index (χ4v) is 3.55. The van der Waals surface area contributed by atoms with Crippen LogP contribution in [0.2, 0.25) is 0 Å². The number of allylic oxidation sites excluding steroid dienone is 2. The smallest absolute Gasteiger partial charge is 0.0859 e. The summed E-state index contributed by atoms with van der Waals surface area (Å²) >= 11 is 0. The molecule has 0 aliphatic carbocycles. The topological polar surface area (TPSA) is 0 Å². The number of unbranched alkanes of at least 4 members (excludes halogenated alkanes) is 15. The standard InChI is InChI=1S/C32H52/c1-5-9-13-17-20-24-28-31(27-23-16-12-8-4)32(29-25-21-18-14-10-6-2)30-26-22-19-15-11-7-3/h5-23,27H2,1-4H3. The predicted molar refractivity (Wildman–Crippen MR) is 145 cm³/mol. The van der Waals surface area contributed by atoms with E-state index in [0.717, 1.165) is 31.3 Å². The van der Waals surface area contributed by atoms with Gasteiger partial charge in [-0.25, -0.2) is 0 Å². The molecule has 0 saturated heterocycles. The van der Waals surface area contributed by atoms with Gasteiger partial charge in [-0.1, -0.05) is 140 Å². The molecule has 0 N–H and O–H groups in total. The van der Waals surface area contributed by atoms with Gasteiger partial charge in [0.05, 0.1) is 5.57 Å². The summed E-state index contributed by atoms with van der Waals surface area (Å²) in [4.78, 5) is 0. The third-order valence-electron chi connectivity index (χ3n) is 5.71. The Morgan fingerprint density at radius 2 is 0.781 bits per heavy atom. The Kier molecular flexibility index (Phi) is 24.4. The van der Waals surface area contributed by atoms with Gasteiger partial charge >= 0.3 is 0 Å². The summed E-state index contributed by atoms with van der Waals surface area (Å²) in [5, 5.41) is 0. The lowest BCUT2D eigenvalue weighted by molar-refractivity contribution is 0.668. The van der Waals surface area contributed by atoms with E-state index in [1.807, 2.05) is 0 Å². The second-order valence-electron chi connectivity index (χ2n) is 9.00. The molecule has 0 rings (SSSR count). The van der Waals surface area contributed by atoms with Gasteiger partial charge in [-0.05, 0) is 32.1 Å². The third-order valence-corrected chi connectivity index (χ3v) is 5.71. The van der Waals surface area contributed by atoms with Crippen LogP contribution in [0.25, 0.3) is 0 Å². The lowest BCUT2D eigenvalue weighted by atomic mass is 10.0. The molecule has 0 aromatic rings. The quantitative estimate of drug-likeness (QED) is 0.157. The van der Waals surface area contributed by atoms with Gasteiger partial charge in [0.1, 0.15) is 0 Å². The van der Waals surface area contributed by atoms with E-state index in [1.165, 1.54) is 108 Å². The molecule has 0 amide bonds. The highest BCUT2D eigenvalue weighted by Crippen LogP contribution is 2.15. The molecule has 0 aliphatic heterocycles. The van der Waals surface area contributed by atoms with Crippen LogP contribution in [0.15, 0.2) is 11.1 Å². The van der Waals surface area contributed by atoms with Gasteiger partial charge in [0, 0.05) is 24.8 Å². The van der Waals surface area contributed by atoms with Crippen LogP contribution in [-0.2, 0) is 0 Å². The van der Waals surface area contributed by atoms with Crippen LogP contribution in [0.3, 0.4) is 0 Å². The molecule has 32 heavy (non-hydrogen) atoms. The minimum absolute atomic E-state index is 0.981. The zero-order chi connectivity index (χ0) is 23.5. The van der Waals surface area contributed by atoms with Crippen LogP contribution in [0.1, 0.15) is 156 Å². The van der Waals surface area contributed by atoms with Crippen molar-refractivity contribution in [3.05, 3.63) is 11.1 Å². The van der Waals surface area contributed by atoms with E-state index in [0.29, 0.717) is 0 Å². The molecule has 0 aliphatic rings. The second-order valence-corrected chi connectivity index (χ2v) is 9.00. The van der Waals surface area contributed by atoms with Crippen LogP contribution in [-0.4, -0.2) is 0 Å². The van der Waals surface area contributed by atoms with Crippen molar-refractivity contribution >= 4 is 0 Å². The molecular weight excluding hydrogens is 384 g/mol. The lowest BCUT2D eigenvalue weighted by Crippen LogP contribution is -1.89. The molecule has 180 valence electrons. The number of hydrogen-bond acceptors (Lipinski definition) is 0. The largest absolute Gasteiger partial charge is 0.0982 e. The highest BCUT2D eigenvalue weighted by Gasteiger charge is 2.01. The maximum absolute atomic E-state index is 3.52. The number of rotatable bonds is 17. The van der Waals surface area contributed by atoms with Gasteiger partial charge in [-0.2, -0.15) is 0 Å². The molecule has 0 heteroatoms. The van der Waals surface area contributed by atoms with E-state index in [4.69, 9.17) is 0 Å². The fraction of sp³-hybridized carbons (Fsp3) is 0.750. The molecule has 0 aromatic heterocycles. The van der Waals surface area contributed by atoms with Crippen LogP contribution in [0.4, 0.5) is 0 Å². The predicted octanol–water partition coefficient (Wildman–Crippen LogP) is 10.2. The van der Waals surface area contributed by atoms with Crippen molar-refractivity contribution in [1.82, 2.24) is 0 Å². The Morgan fingerprint density at radius 1 is 0.406 bits per heavy atom. The van der Waals surface area contributed by atoms with E-state index < -0.39 is 0 Å². The van der Waals surface area contributed by atoms with E-state index in [1.54, 1.807) is 0 Å². The van der Waals surface area contributed by atoms with Crippen LogP contribution in [0, 0.1) is 35.5 Å². The highest BCUT2D eigenvalue weighted by atomic mass is 14.0. The van der Waals surface area contributed by atoms with Crippen LogP contribution in [0.5, 0.6) is 0 Å². The zero-order valence-corrected chi connectivity index (χ0v) is 22.1. The zero-order valence-electron chi connectivity index (χ0n) is 22.1. The third kappa shape index (κ3) is 20.3. The summed E-state index contributed by atoms with van der Waals surface area (Å²) in [6, 6.07) is 0. The van der Waals surface area contributed by atoms with Crippen molar-refractivity contribution in [2.75, 3.05) is 0 Å². The van der Waals surface area contributed by atoms with E-state index >= 15 is 0 Å². The summed E-state index contributed by atoms with van der Waals surface area (Å²) in [5.74, 6) is 20.7. The van der Waals surface area contributed by atoms with Crippen LogP contribution < -0.4 is 0 Å². The molecule has 0 saturated carbocycles. The minimum Gasteiger partial charge on any atom is -0.0982 e. The van der Waals surface area contributed by atoms with Gasteiger partial charge in [0.25, 0.3) is 0 Å². The minimum atomic E-state index is 0.981. The summed E-state index contributed by atoms with van der Waals surface area (Å²) < 4.78 is 0. The normalized spacial score (nSPS) is 9.75. The molecule has 0 bridgehead atoms. The maximum atomic E-state index is 3.52. The first-order valence-electron chi connectivity index (χ1n) is 14.0. The fourth-order valence-electron chi connectivity index (χ4n) is 3.55. The second kappa shape index (κ2) is 25.7. The molecule has 0 heterocycles. The molecule has 0 aromatic carbocycles. The lowest BCUT2D eigenvalue weighted by Gasteiger charge is -2.02. The Hall–Kier alpha value is -1.58. The Labute approximate surface area is 202 Å². The van der Waals surface area contributed by atoms with E-state index in [2.05, 4.69) is 63.2 Å². The van der Waals surface area contributed by atoms with Crippen molar-refractivity contribution in [2.24, 2.45) is 0 Å². The molecule has 0 spiro atoms. The Balaban J connectivity index is 5.36. The van der Waals surface area contributed by atoms with E-state index in [9.17, 15) is 0 Å². The van der Waals surface area contributed by atoms with E-state index in [-0.39, 0.29) is 0 Å². The van der Waals surface area contributed by atoms with Crippen molar-refractivity contribution in [1.29, 1.82) is 0 Å². The average Bonchev–Trinajstić information content (AvgIpc) is 2.80. The van der Waals surface area contributed by atoms with Crippen molar-refractivity contribution in [3.63, 3.8) is 0 Å². The Bertz CT molecular complexity index is 597. The Morgan fingerprint density at radius 3 is 1.19 bits per heavy atom. The molecule has 0 atom stereocenters. The summed E-state index contributed by atoms with van der Waals surface area (Å²) in [6.07, 6.45) is 24.3. The van der Waals surface area contributed by atoms with Gasteiger partial charge in [-0.3, -0.25) is 0 Å². The van der Waals surface area contributed by atoms with Crippen molar-refractivity contribution < 1.29 is 0 Å². The van der Waals surface area contributed by atoms with Crippen molar-refractivity contribution in [2.45, 2.75) is 156 Å². The average molecular weight is 437 g/mol. The monoisotopic (exact) mass is 436 g/mol. The van der Waals surface area contributed by atoms with Gasteiger partial charge in [0.15, 0.2) is 0 Å². The molecule has 0 radical (unpaired) electrons. The molecule has 0 nitrogen and oxygen atoms in total. The molecule has 0 unspecified atom stereocenters. The first kappa shape index (κ1) is 30.4. The summed E-state index contributed by atoms with van der Waals surface area (Å²) in [6.45, 7) is 9.05.